The van der Waals surface area contributed by atoms with Crippen molar-refractivity contribution >= 4 is 16.6 Å². The summed E-state index contributed by atoms with van der Waals surface area (Å²) in [6.07, 6.45) is 0. The van der Waals surface area contributed by atoms with Crippen LogP contribution in [-0.4, -0.2) is 0 Å². The van der Waals surface area contributed by atoms with Crippen LogP contribution < -0.4 is 10.0 Å². The maximum absolute atomic E-state index is 12.7. The standard InChI is InChI=1S/C22H26N2O/c1-15(2)19-9-7-10-20(16(3)4)22(19)23-14-18-13-12-17-8-5-6-11-21(17)24(18)25/h5-13,15-16,23H,14H2,1-4H3. The van der Waals surface area contributed by atoms with Crippen LogP contribution in [0, 0.1) is 5.21 Å². The zero-order chi connectivity index (χ0) is 18.0. The van der Waals surface area contributed by atoms with Gasteiger partial charge in [0.05, 0.1) is 0 Å². The van der Waals surface area contributed by atoms with E-state index in [0.29, 0.717) is 23.9 Å². The largest absolute Gasteiger partial charge is 0.618 e. The summed E-state index contributed by atoms with van der Waals surface area (Å²) in [6.45, 7) is 9.32. The number of rotatable bonds is 5. The Labute approximate surface area is 149 Å². The molecule has 3 aromatic rings. The molecule has 0 aliphatic carbocycles. The lowest BCUT2D eigenvalue weighted by Crippen LogP contribution is -2.34. The van der Waals surface area contributed by atoms with Gasteiger partial charge in [-0.05, 0) is 35.1 Å². The van der Waals surface area contributed by atoms with Gasteiger partial charge in [-0.1, -0.05) is 58.0 Å². The van der Waals surface area contributed by atoms with Crippen molar-refractivity contribution in [2.75, 3.05) is 5.32 Å². The molecule has 1 N–H and O–H groups in total. The average molecular weight is 334 g/mol. The third-order valence-corrected chi connectivity index (χ3v) is 4.69. The first kappa shape index (κ1) is 17.3. The van der Waals surface area contributed by atoms with Crippen LogP contribution in [0.2, 0.25) is 0 Å². The van der Waals surface area contributed by atoms with E-state index in [2.05, 4.69) is 51.2 Å². The van der Waals surface area contributed by atoms with Gasteiger partial charge in [-0.3, -0.25) is 0 Å². The van der Waals surface area contributed by atoms with Crippen molar-refractivity contribution in [1.82, 2.24) is 0 Å². The molecule has 25 heavy (non-hydrogen) atoms. The number of nitrogens with zero attached hydrogens (tertiary/aromatic N) is 1. The van der Waals surface area contributed by atoms with E-state index in [-0.39, 0.29) is 0 Å². The van der Waals surface area contributed by atoms with E-state index in [4.69, 9.17) is 0 Å². The average Bonchev–Trinajstić information content (AvgIpc) is 2.61. The lowest BCUT2D eigenvalue weighted by molar-refractivity contribution is -0.585. The van der Waals surface area contributed by atoms with Crippen molar-refractivity contribution in [2.45, 2.75) is 46.1 Å². The number of para-hydroxylation sites is 2. The molecule has 0 amide bonds. The van der Waals surface area contributed by atoms with Gasteiger partial charge in [0.1, 0.15) is 6.54 Å². The highest BCUT2D eigenvalue weighted by molar-refractivity contribution is 5.75. The van der Waals surface area contributed by atoms with Crippen LogP contribution in [0.15, 0.2) is 54.6 Å². The van der Waals surface area contributed by atoms with Gasteiger partial charge in [0.25, 0.3) is 0 Å². The van der Waals surface area contributed by atoms with Gasteiger partial charge < -0.3 is 10.5 Å². The Morgan fingerprint density at radius 2 is 1.48 bits per heavy atom. The quantitative estimate of drug-likeness (QED) is 0.506. The number of pyridine rings is 1. The van der Waals surface area contributed by atoms with Crippen LogP contribution in [0.5, 0.6) is 0 Å². The Bertz CT molecular complexity index is 858. The second-order valence-corrected chi connectivity index (χ2v) is 7.15. The van der Waals surface area contributed by atoms with Crippen molar-refractivity contribution in [3.63, 3.8) is 0 Å². The molecule has 0 atom stereocenters. The fraction of sp³-hybridized carbons (Fsp3) is 0.318. The van der Waals surface area contributed by atoms with Crippen LogP contribution in [0.4, 0.5) is 5.69 Å². The highest BCUT2D eigenvalue weighted by Crippen LogP contribution is 2.32. The molecule has 0 saturated heterocycles. The minimum atomic E-state index is 0.428. The fourth-order valence-electron chi connectivity index (χ4n) is 3.29. The van der Waals surface area contributed by atoms with Crippen LogP contribution >= 0.6 is 0 Å². The zero-order valence-electron chi connectivity index (χ0n) is 15.4. The monoisotopic (exact) mass is 334 g/mol. The van der Waals surface area contributed by atoms with Crippen LogP contribution in [0.3, 0.4) is 0 Å². The summed E-state index contributed by atoms with van der Waals surface area (Å²) in [6, 6.07) is 18.1. The number of nitrogens with one attached hydrogen (secondary N) is 1. The summed E-state index contributed by atoms with van der Waals surface area (Å²) < 4.78 is 1.04. The molecule has 1 heterocycles. The van der Waals surface area contributed by atoms with Gasteiger partial charge in [-0.25, -0.2) is 0 Å². The summed E-state index contributed by atoms with van der Waals surface area (Å²) in [5.74, 6) is 0.856. The second kappa shape index (κ2) is 7.14. The minimum Gasteiger partial charge on any atom is -0.618 e. The Morgan fingerprint density at radius 1 is 0.840 bits per heavy atom. The molecular weight excluding hydrogens is 308 g/mol. The van der Waals surface area contributed by atoms with Crippen molar-refractivity contribution in [3.8, 4) is 0 Å². The van der Waals surface area contributed by atoms with E-state index in [1.165, 1.54) is 16.8 Å². The minimum absolute atomic E-state index is 0.428. The first-order valence-electron chi connectivity index (χ1n) is 8.96. The summed E-state index contributed by atoms with van der Waals surface area (Å²) in [7, 11) is 0. The van der Waals surface area contributed by atoms with Gasteiger partial charge in [0.15, 0.2) is 0 Å². The SMILES string of the molecule is CC(C)c1cccc(C(C)C)c1NCc1ccc2ccccc2[n+]1[O-]. The summed E-state index contributed by atoms with van der Waals surface area (Å²) >= 11 is 0. The number of anilines is 1. The van der Waals surface area contributed by atoms with E-state index in [1.54, 1.807) is 0 Å². The predicted octanol–water partition coefficient (Wildman–Crippen LogP) is 5.33. The van der Waals surface area contributed by atoms with Crippen LogP contribution in [0.25, 0.3) is 10.9 Å². The maximum Gasteiger partial charge on any atom is 0.224 e. The molecule has 130 valence electrons. The van der Waals surface area contributed by atoms with Crippen molar-refractivity contribution in [3.05, 3.63) is 76.6 Å². The number of aromatic nitrogens is 1. The third-order valence-electron chi connectivity index (χ3n) is 4.69. The molecule has 0 aliphatic rings. The van der Waals surface area contributed by atoms with Gasteiger partial charge in [0, 0.05) is 23.2 Å². The maximum atomic E-state index is 12.7. The van der Waals surface area contributed by atoms with E-state index in [1.807, 2.05) is 36.4 Å². The summed E-state index contributed by atoms with van der Waals surface area (Å²) in [5, 5.41) is 17.2. The van der Waals surface area contributed by atoms with E-state index in [0.717, 1.165) is 15.8 Å². The Kier molecular flexibility index (Phi) is 4.93. The highest BCUT2D eigenvalue weighted by atomic mass is 16.5. The molecule has 0 spiro atoms. The molecule has 0 saturated carbocycles. The van der Waals surface area contributed by atoms with Gasteiger partial charge in [-0.2, -0.15) is 4.73 Å². The molecule has 3 nitrogen and oxygen atoms in total. The van der Waals surface area contributed by atoms with E-state index in [9.17, 15) is 5.21 Å². The topological polar surface area (TPSA) is 39.0 Å². The summed E-state index contributed by atoms with van der Waals surface area (Å²) in [5.41, 5.74) is 5.20. The molecule has 1 aromatic heterocycles. The predicted molar refractivity (Wildman–Crippen MR) is 105 cm³/mol. The van der Waals surface area contributed by atoms with Crippen molar-refractivity contribution in [2.24, 2.45) is 0 Å². The molecule has 0 bridgehead atoms. The number of hydrogen-bond donors (Lipinski definition) is 1. The number of fused-ring (bicyclic) bond motifs is 1. The first-order valence-corrected chi connectivity index (χ1v) is 8.96. The molecule has 0 unspecified atom stereocenters. The second-order valence-electron chi connectivity index (χ2n) is 7.15. The third kappa shape index (κ3) is 3.46. The number of hydrogen-bond acceptors (Lipinski definition) is 2. The molecule has 0 radical (unpaired) electrons. The van der Waals surface area contributed by atoms with E-state index < -0.39 is 0 Å². The Morgan fingerprint density at radius 3 is 2.12 bits per heavy atom. The highest BCUT2D eigenvalue weighted by Gasteiger charge is 2.15. The van der Waals surface area contributed by atoms with Crippen LogP contribution in [0.1, 0.15) is 56.4 Å². The van der Waals surface area contributed by atoms with E-state index >= 15 is 0 Å². The smallest absolute Gasteiger partial charge is 0.224 e. The summed E-state index contributed by atoms with van der Waals surface area (Å²) in [4.78, 5) is 0. The Balaban J connectivity index is 1.95. The van der Waals surface area contributed by atoms with Gasteiger partial charge in [-0.15, -0.1) is 0 Å². The van der Waals surface area contributed by atoms with Crippen LogP contribution in [-0.2, 0) is 6.54 Å². The fourth-order valence-corrected chi connectivity index (χ4v) is 3.29. The first-order chi connectivity index (χ1) is 12.0. The molecule has 3 rings (SSSR count). The molecule has 0 fully saturated rings. The molecular formula is C22H26N2O. The van der Waals surface area contributed by atoms with Gasteiger partial charge in [0.2, 0.25) is 11.2 Å². The van der Waals surface area contributed by atoms with Crippen molar-refractivity contribution in [1.29, 1.82) is 0 Å². The molecule has 2 aromatic carbocycles. The number of benzene rings is 2. The zero-order valence-corrected chi connectivity index (χ0v) is 15.4. The molecule has 3 heteroatoms. The van der Waals surface area contributed by atoms with Crippen molar-refractivity contribution < 1.29 is 4.73 Å². The normalized spacial score (nSPS) is 11.4. The lowest BCUT2D eigenvalue weighted by atomic mass is 9.92. The van der Waals surface area contributed by atoms with Gasteiger partial charge >= 0.3 is 0 Å². The Hall–Kier alpha value is -2.55. The lowest BCUT2D eigenvalue weighted by Gasteiger charge is -2.20. The molecule has 0 aliphatic heterocycles.